The predicted octanol–water partition coefficient (Wildman–Crippen LogP) is -0.197. The number of pyridine rings is 1. The number of fused-ring (bicyclic) bond motifs is 2. The van der Waals surface area contributed by atoms with E-state index in [0.717, 1.165) is 0 Å². The molecule has 0 bridgehead atoms. The Morgan fingerprint density at radius 1 is 1.21 bits per heavy atom. The summed E-state index contributed by atoms with van der Waals surface area (Å²) in [4.78, 5) is 53.3. The van der Waals surface area contributed by atoms with E-state index >= 15 is 0 Å². The van der Waals surface area contributed by atoms with Gasteiger partial charge in [-0.3, -0.25) is 19.0 Å². The number of hydrogen-bond donors (Lipinski definition) is 3. The Bertz CT molecular complexity index is 1330. The molecule has 1 saturated heterocycles. The number of nitrogens with one attached hydrogen (secondary N) is 3. The van der Waals surface area contributed by atoms with Gasteiger partial charge in [-0.15, -0.1) is 0 Å². The van der Waals surface area contributed by atoms with Crippen molar-refractivity contribution < 1.29 is 14.3 Å². The van der Waals surface area contributed by atoms with Crippen LogP contribution in [-0.2, 0) is 16.6 Å². The monoisotopic (exact) mass is 482 g/mol. The third kappa shape index (κ3) is 4.56. The fourth-order valence-electron chi connectivity index (χ4n) is 3.87. The fraction of sp³-hybridized carbons (Fsp3) is 0.381. The Morgan fingerprint density at radius 3 is 2.97 bits per heavy atom. The van der Waals surface area contributed by atoms with E-state index < -0.39 is 5.92 Å². The van der Waals surface area contributed by atoms with E-state index in [1.807, 2.05) is 0 Å². The Morgan fingerprint density at radius 2 is 2.09 bits per heavy atom. The Labute approximate surface area is 197 Å². The van der Waals surface area contributed by atoms with Gasteiger partial charge in [0, 0.05) is 32.2 Å². The zero-order chi connectivity index (χ0) is 23.7. The highest BCUT2D eigenvalue weighted by Crippen LogP contribution is 2.31. The highest BCUT2D eigenvalue weighted by atomic mass is 32.2. The van der Waals surface area contributed by atoms with E-state index in [9.17, 15) is 14.4 Å². The number of hydrogen-bond acceptors (Lipinski definition) is 10. The zero-order valence-electron chi connectivity index (χ0n) is 18.3. The number of rotatable bonds is 7. The van der Waals surface area contributed by atoms with Crippen LogP contribution in [0, 0.1) is 0 Å². The minimum atomic E-state index is -0.413. The lowest BCUT2D eigenvalue weighted by Gasteiger charge is -2.16. The van der Waals surface area contributed by atoms with Gasteiger partial charge < -0.3 is 20.7 Å². The van der Waals surface area contributed by atoms with Crippen molar-refractivity contribution in [1.82, 2.24) is 35.1 Å². The molecule has 2 aliphatic heterocycles. The molecular formula is C21H22N8O4S. The molecule has 5 heterocycles. The second kappa shape index (κ2) is 9.35. The molecule has 0 spiro atoms. The topological polar surface area (TPSA) is 153 Å². The molecule has 13 heteroatoms. The minimum Gasteiger partial charge on any atom is -0.475 e. The van der Waals surface area contributed by atoms with Gasteiger partial charge in [0.15, 0.2) is 11.5 Å². The first-order valence-electron chi connectivity index (χ1n) is 10.7. The van der Waals surface area contributed by atoms with Gasteiger partial charge in [-0.2, -0.15) is 4.98 Å². The maximum atomic E-state index is 12.5. The summed E-state index contributed by atoms with van der Waals surface area (Å²) in [5.41, 5.74) is 1.46. The molecule has 0 aromatic carbocycles. The molecule has 2 aliphatic rings. The second-order valence-electron chi connectivity index (χ2n) is 7.98. The number of amides is 2. The van der Waals surface area contributed by atoms with E-state index in [2.05, 4.69) is 35.9 Å². The smallest absolute Gasteiger partial charge is 0.252 e. The van der Waals surface area contributed by atoms with Crippen LogP contribution in [0.2, 0.25) is 0 Å². The molecule has 34 heavy (non-hydrogen) atoms. The first-order valence-corrected chi connectivity index (χ1v) is 11.7. The molecule has 3 aromatic heterocycles. The Hall–Kier alpha value is -3.58. The van der Waals surface area contributed by atoms with Crippen molar-refractivity contribution in [1.29, 1.82) is 0 Å². The van der Waals surface area contributed by atoms with Gasteiger partial charge in [0.05, 0.1) is 29.8 Å². The number of aryl methyl sites for hydroxylation is 1. The molecular weight excluding hydrogens is 460 g/mol. The van der Waals surface area contributed by atoms with Crippen molar-refractivity contribution in [2.75, 3.05) is 30.8 Å². The molecule has 3 N–H and O–H groups in total. The number of ether oxygens (including phenoxy) is 1. The lowest BCUT2D eigenvalue weighted by atomic mass is 10.0. The maximum Gasteiger partial charge on any atom is 0.252 e. The lowest BCUT2D eigenvalue weighted by molar-refractivity contribution is -0.120. The van der Waals surface area contributed by atoms with Crippen LogP contribution >= 0.6 is 11.8 Å². The van der Waals surface area contributed by atoms with Crippen molar-refractivity contribution in [3.63, 3.8) is 0 Å². The molecule has 12 nitrogen and oxygen atoms in total. The van der Waals surface area contributed by atoms with Crippen LogP contribution in [0.25, 0.3) is 11.2 Å². The highest BCUT2D eigenvalue weighted by molar-refractivity contribution is 8.00. The van der Waals surface area contributed by atoms with E-state index in [4.69, 9.17) is 4.74 Å². The molecule has 2 amide bonds. The lowest BCUT2D eigenvalue weighted by Crippen LogP contribution is -2.37. The molecule has 1 fully saturated rings. The summed E-state index contributed by atoms with van der Waals surface area (Å²) >= 11 is 1.33. The second-order valence-corrected chi connectivity index (χ2v) is 8.94. The van der Waals surface area contributed by atoms with E-state index in [0.29, 0.717) is 65.5 Å². The summed E-state index contributed by atoms with van der Waals surface area (Å²) in [6.45, 7) is 1.44. The number of carbonyl (C=O) groups is 2. The molecule has 176 valence electrons. The average molecular weight is 483 g/mol. The summed E-state index contributed by atoms with van der Waals surface area (Å²) in [5.74, 6) is 0.425. The molecule has 1 unspecified atom stereocenters. The molecule has 0 radical (unpaired) electrons. The molecule has 2 atom stereocenters. The van der Waals surface area contributed by atoms with Crippen LogP contribution in [0.1, 0.15) is 18.0 Å². The third-order valence-electron chi connectivity index (χ3n) is 5.61. The third-order valence-corrected chi connectivity index (χ3v) is 6.59. The number of thioether (sulfide) groups is 1. The highest BCUT2D eigenvalue weighted by Gasteiger charge is 2.35. The molecule has 0 saturated carbocycles. The maximum absolute atomic E-state index is 12.5. The van der Waals surface area contributed by atoms with Gasteiger partial charge in [-0.05, 0) is 12.5 Å². The largest absolute Gasteiger partial charge is 0.475 e. The van der Waals surface area contributed by atoms with Crippen LogP contribution in [0.15, 0.2) is 34.3 Å². The Balaban J connectivity index is 1.11. The van der Waals surface area contributed by atoms with Crippen LogP contribution < -0.4 is 26.2 Å². The van der Waals surface area contributed by atoms with Crippen LogP contribution in [-0.4, -0.2) is 67.8 Å². The standard InChI is InChI=1S/C21H22N8O4S/c1-29-17(31)3-2-13-19(29)28-16(9-23-13)33-5-4-22-7-11-6-12(20(32)25-11)14-8-24-21-18(26-14)27-15(30)10-34-21/h2-3,8-9,11-12,22H,4-7,10H2,1H3,(H,25,32)(H,26,27,30)/t11?,12-/m0/s1. The number of aromatic nitrogens is 5. The van der Waals surface area contributed by atoms with Gasteiger partial charge in [-0.1, -0.05) is 11.8 Å². The van der Waals surface area contributed by atoms with Gasteiger partial charge >= 0.3 is 0 Å². The summed E-state index contributed by atoms with van der Waals surface area (Å²) in [6, 6.07) is 3.02. The predicted molar refractivity (Wildman–Crippen MR) is 124 cm³/mol. The van der Waals surface area contributed by atoms with E-state index in [1.165, 1.54) is 28.6 Å². The van der Waals surface area contributed by atoms with E-state index in [-0.39, 0.29) is 23.4 Å². The van der Waals surface area contributed by atoms with Gasteiger partial charge in [0.2, 0.25) is 17.7 Å². The van der Waals surface area contributed by atoms with Gasteiger partial charge in [0.1, 0.15) is 17.1 Å². The first kappa shape index (κ1) is 22.2. The van der Waals surface area contributed by atoms with Crippen molar-refractivity contribution in [3.8, 4) is 5.88 Å². The molecule has 5 rings (SSSR count). The fourth-order valence-corrected chi connectivity index (χ4v) is 4.57. The van der Waals surface area contributed by atoms with E-state index in [1.54, 1.807) is 19.3 Å². The normalized spacial score (nSPS) is 19.6. The van der Waals surface area contributed by atoms with Gasteiger partial charge in [0.25, 0.3) is 5.56 Å². The minimum absolute atomic E-state index is 0.0608. The van der Waals surface area contributed by atoms with Crippen molar-refractivity contribution in [2.24, 2.45) is 7.05 Å². The first-order chi connectivity index (χ1) is 16.5. The SMILES string of the molecule is Cn1c(=O)ccc2ncc(OCCNCC3C[C@@H](c4cnc5c(n4)NC(=O)CS5)C(=O)N3)nc21. The summed E-state index contributed by atoms with van der Waals surface area (Å²) in [7, 11) is 1.64. The average Bonchev–Trinajstić information content (AvgIpc) is 3.21. The van der Waals surface area contributed by atoms with Crippen LogP contribution in [0.3, 0.4) is 0 Å². The Kier molecular flexibility index (Phi) is 6.11. The zero-order valence-corrected chi connectivity index (χ0v) is 19.1. The number of carbonyl (C=O) groups excluding carboxylic acids is 2. The molecule has 3 aromatic rings. The quantitative estimate of drug-likeness (QED) is 0.386. The van der Waals surface area contributed by atoms with Crippen molar-refractivity contribution in [3.05, 3.63) is 40.6 Å². The molecule has 0 aliphatic carbocycles. The van der Waals surface area contributed by atoms with Crippen molar-refractivity contribution >= 4 is 40.6 Å². The van der Waals surface area contributed by atoms with Crippen LogP contribution in [0.5, 0.6) is 5.88 Å². The van der Waals surface area contributed by atoms with Crippen molar-refractivity contribution in [2.45, 2.75) is 23.4 Å². The number of anilines is 1. The van der Waals surface area contributed by atoms with Crippen LogP contribution in [0.4, 0.5) is 5.82 Å². The summed E-state index contributed by atoms with van der Waals surface area (Å²) in [6.07, 6.45) is 3.71. The summed E-state index contributed by atoms with van der Waals surface area (Å²) in [5, 5.41) is 9.61. The summed E-state index contributed by atoms with van der Waals surface area (Å²) < 4.78 is 7.08. The number of nitrogens with zero attached hydrogens (tertiary/aromatic N) is 5. The van der Waals surface area contributed by atoms with Gasteiger partial charge in [-0.25, -0.2) is 15.0 Å².